The molecule has 2 aliphatic heterocycles. The molecule has 144 valence electrons. The maximum atomic E-state index is 14.8. The fraction of sp³-hybridized carbons (Fsp3) is 0.667. The van der Waals surface area contributed by atoms with Crippen LogP contribution >= 0.6 is 0 Å². The van der Waals surface area contributed by atoms with Crippen LogP contribution in [0.25, 0.3) is 0 Å². The lowest BCUT2D eigenvalue weighted by Gasteiger charge is -2.33. The molecular weight excluding hydrogens is 329 g/mol. The molecule has 0 spiro atoms. The quantitative estimate of drug-likeness (QED) is 0.851. The number of amides is 1. The van der Waals surface area contributed by atoms with Crippen molar-refractivity contribution in [3.05, 3.63) is 24.0 Å². The zero-order valence-electron chi connectivity index (χ0n) is 16.3. The standard InChI is InChI=1S/C21H32FN3O/c1-4-21(26)24-12-9-16(10-13-24)23-17-7-8-20(18(22)14-17)25-11-5-6-19(25)15(2)3/h7-8,14-16,19,23H,4-6,9-13H2,1-3H3. The molecule has 2 fully saturated rings. The molecule has 1 amide bonds. The van der Waals surface area contributed by atoms with Crippen LogP contribution < -0.4 is 10.2 Å². The molecule has 3 rings (SSSR count). The molecule has 4 nitrogen and oxygen atoms in total. The van der Waals surface area contributed by atoms with Crippen LogP contribution in [0.2, 0.25) is 0 Å². The number of rotatable bonds is 5. The summed E-state index contributed by atoms with van der Waals surface area (Å²) in [7, 11) is 0. The number of carbonyl (C=O) groups is 1. The van der Waals surface area contributed by atoms with Crippen LogP contribution in [0.3, 0.4) is 0 Å². The Hall–Kier alpha value is -1.78. The second-order valence-electron chi connectivity index (χ2n) is 7.97. The van der Waals surface area contributed by atoms with Crippen molar-refractivity contribution in [3.63, 3.8) is 0 Å². The fourth-order valence-electron chi connectivity index (χ4n) is 4.35. The molecule has 1 aromatic carbocycles. The normalized spacial score (nSPS) is 21.5. The number of anilines is 2. The van der Waals surface area contributed by atoms with Crippen molar-refractivity contribution in [3.8, 4) is 0 Å². The highest BCUT2D eigenvalue weighted by Crippen LogP contribution is 2.33. The van der Waals surface area contributed by atoms with E-state index in [0.717, 1.165) is 56.7 Å². The molecule has 26 heavy (non-hydrogen) atoms. The summed E-state index contributed by atoms with van der Waals surface area (Å²) in [5, 5.41) is 3.45. The summed E-state index contributed by atoms with van der Waals surface area (Å²) in [4.78, 5) is 15.9. The third kappa shape index (κ3) is 4.13. The van der Waals surface area contributed by atoms with Crippen LogP contribution in [0.4, 0.5) is 15.8 Å². The maximum Gasteiger partial charge on any atom is 0.222 e. The summed E-state index contributed by atoms with van der Waals surface area (Å²) in [6.45, 7) is 8.85. The first-order valence-electron chi connectivity index (χ1n) is 10.1. The number of benzene rings is 1. The molecule has 2 heterocycles. The minimum Gasteiger partial charge on any atom is -0.382 e. The van der Waals surface area contributed by atoms with Crippen LogP contribution in [0.15, 0.2) is 18.2 Å². The summed E-state index contributed by atoms with van der Waals surface area (Å²) < 4.78 is 14.8. The Morgan fingerprint density at radius 3 is 2.58 bits per heavy atom. The van der Waals surface area contributed by atoms with E-state index in [4.69, 9.17) is 0 Å². The zero-order chi connectivity index (χ0) is 18.7. The topological polar surface area (TPSA) is 35.6 Å². The predicted octanol–water partition coefficient (Wildman–Crippen LogP) is 4.26. The number of carbonyl (C=O) groups excluding carboxylic acids is 1. The summed E-state index contributed by atoms with van der Waals surface area (Å²) >= 11 is 0. The number of halogens is 1. The lowest BCUT2D eigenvalue weighted by molar-refractivity contribution is -0.131. The first-order valence-corrected chi connectivity index (χ1v) is 10.1. The summed E-state index contributed by atoms with van der Waals surface area (Å²) in [5.74, 6) is 0.621. The Kier molecular flexibility index (Phi) is 6.05. The van der Waals surface area contributed by atoms with Crippen molar-refractivity contribution in [2.75, 3.05) is 29.9 Å². The highest BCUT2D eigenvalue weighted by molar-refractivity contribution is 5.75. The molecule has 2 saturated heterocycles. The zero-order valence-corrected chi connectivity index (χ0v) is 16.3. The van der Waals surface area contributed by atoms with Crippen LogP contribution in [0.1, 0.15) is 52.9 Å². The highest BCUT2D eigenvalue weighted by atomic mass is 19.1. The smallest absolute Gasteiger partial charge is 0.222 e. The van der Waals surface area contributed by atoms with E-state index < -0.39 is 0 Å². The molecule has 1 unspecified atom stereocenters. The molecular formula is C21H32FN3O. The van der Waals surface area contributed by atoms with Gasteiger partial charge in [0.2, 0.25) is 5.91 Å². The van der Waals surface area contributed by atoms with Gasteiger partial charge in [-0.05, 0) is 49.8 Å². The first-order chi connectivity index (χ1) is 12.5. The van der Waals surface area contributed by atoms with Crippen molar-refractivity contribution >= 4 is 17.3 Å². The van der Waals surface area contributed by atoms with Gasteiger partial charge < -0.3 is 15.1 Å². The third-order valence-electron chi connectivity index (χ3n) is 5.85. The minimum atomic E-state index is -0.138. The maximum absolute atomic E-state index is 14.8. The first kappa shape index (κ1) is 19.0. The Labute approximate surface area is 156 Å². The van der Waals surface area contributed by atoms with E-state index in [0.29, 0.717) is 24.4 Å². The molecule has 0 aromatic heterocycles. The fourth-order valence-corrected chi connectivity index (χ4v) is 4.35. The summed E-state index contributed by atoms with van der Waals surface area (Å²) in [6, 6.07) is 6.29. The molecule has 1 aromatic rings. The minimum absolute atomic E-state index is 0.138. The van der Waals surface area contributed by atoms with Gasteiger partial charge >= 0.3 is 0 Å². The molecule has 5 heteroatoms. The van der Waals surface area contributed by atoms with Gasteiger partial charge in [-0.15, -0.1) is 0 Å². The van der Waals surface area contributed by atoms with Gasteiger partial charge in [0, 0.05) is 43.8 Å². The van der Waals surface area contributed by atoms with E-state index in [2.05, 4.69) is 24.1 Å². The van der Waals surface area contributed by atoms with E-state index in [1.54, 1.807) is 6.07 Å². The Morgan fingerprint density at radius 1 is 1.23 bits per heavy atom. The third-order valence-corrected chi connectivity index (χ3v) is 5.85. The second kappa shape index (κ2) is 8.28. The van der Waals surface area contributed by atoms with Crippen molar-refractivity contribution in [2.24, 2.45) is 5.92 Å². The highest BCUT2D eigenvalue weighted by Gasteiger charge is 2.29. The molecule has 0 radical (unpaired) electrons. The van der Waals surface area contributed by atoms with Crippen molar-refractivity contribution in [1.82, 2.24) is 4.90 Å². The van der Waals surface area contributed by atoms with E-state index in [1.165, 1.54) is 0 Å². The van der Waals surface area contributed by atoms with Gasteiger partial charge in [-0.3, -0.25) is 4.79 Å². The van der Waals surface area contributed by atoms with E-state index in [1.807, 2.05) is 24.0 Å². The van der Waals surface area contributed by atoms with Crippen LogP contribution in [0, 0.1) is 11.7 Å². The van der Waals surface area contributed by atoms with Crippen molar-refractivity contribution < 1.29 is 9.18 Å². The molecule has 0 saturated carbocycles. The van der Waals surface area contributed by atoms with Crippen LogP contribution in [0.5, 0.6) is 0 Å². The lowest BCUT2D eigenvalue weighted by Crippen LogP contribution is -2.42. The van der Waals surface area contributed by atoms with Crippen molar-refractivity contribution in [1.29, 1.82) is 0 Å². The number of piperidine rings is 1. The number of hydrogen-bond acceptors (Lipinski definition) is 3. The largest absolute Gasteiger partial charge is 0.382 e. The predicted molar refractivity (Wildman–Crippen MR) is 105 cm³/mol. The Balaban J connectivity index is 1.61. The average Bonchev–Trinajstić information content (AvgIpc) is 3.11. The van der Waals surface area contributed by atoms with Gasteiger partial charge in [0.25, 0.3) is 0 Å². The summed E-state index contributed by atoms with van der Waals surface area (Å²) in [5.41, 5.74) is 1.57. The van der Waals surface area contributed by atoms with Gasteiger partial charge in [0.05, 0.1) is 5.69 Å². The molecule has 2 aliphatic rings. The molecule has 1 atom stereocenters. The number of likely N-dealkylation sites (tertiary alicyclic amines) is 1. The van der Waals surface area contributed by atoms with Gasteiger partial charge in [0.15, 0.2) is 0 Å². The van der Waals surface area contributed by atoms with E-state index >= 15 is 0 Å². The summed E-state index contributed by atoms with van der Waals surface area (Å²) in [6.07, 6.45) is 4.68. The van der Waals surface area contributed by atoms with Crippen LogP contribution in [-0.2, 0) is 4.79 Å². The average molecular weight is 362 g/mol. The lowest BCUT2D eigenvalue weighted by atomic mass is 10.0. The van der Waals surface area contributed by atoms with Crippen molar-refractivity contribution in [2.45, 2.75) is 65.0 Å². The Morgan fingerprint density at radius 2 is 1.96 bits per heavy atom. The van der Waals surface area contributed by atoms with Gasteiger partial charge in [-0.1, -0.05) is 20.8 Å². The second-order valence-corrected chi connectivity index (χ2v) is 7.97. The van der Waals surface area contributed by atoms with Crippen LogP contribution in [-0.4, -0.2) is 42.5 Å². The van der Waals surface area contributed by atoms with Gasteiger partial charge in [-0.25, -0.2) is 4.39 Å². The molecule has 0 bridgehead atoms. The number of hydrogen-bond donors (Lipinski definition) is 1. The van der Waals surface area contributed by atoms with Gasteiger partial charge in [0.1, 0.15) is 5.82 Å². The molecule has 1 N–H and O–H groups in total. The van der Waals surface area contributed by atoms with Gasteiger partial charge in [-0.2, -0.15) is 0 Å². The van der Waals surface area contributed by atoms with E-state index in [9.17, 15) is 9.18 Å². The monoisotopic (exact) mass is 361 g/mol. The molecule has 0 aliphatic carbocycles. The SMILES string of the molecule is CCC(=O)N1CCC(Nc2ccc(N3CCCC3C(C)C)c(F)c2)CC1. The number of nitrogens with one attached hydrogen (secondary N) is 1. The van der Waals surface area contributed by atoms with E-state index in [-0.39, 0.29) is 11.7 Å². The Bertz CT molecular complexity index is 626. The number of nitrogens with zero attached hydrogens (tertiary/aromatic N) is 2.